The lowest BCUT2D eigenvalue weighted by Gasteiger charge is -2.28. The van der Waals surface area contributed by atoms with Gasteiger partial charge in [-0.25, -0.2) is 8.42 Å². The lowest BCUT2D eigenvalue weighted by atomic mass is 10.1. The average Bonchev–Trinajstić information content (AvgIpc) is 3.34. The number of rotatable bonds is 5. The molecule has 5 nitrogen and oxygen atoms in total. The van der Waals surface area contributed by atoms with Crippen LogP contribution in [0.4, 0.5) is 0 Å². The predicted molar refractivity (Wildman–Crippen MR) is 122 cm³/mol. The summed E-state index contributed by atoms with van der Waals surface area (Å²) in [4.78, 5) is 15.0. The van der Waals surface area contributed by atoms with E-state index in [2.05, 4.69) is 0 Å². The standard InChI is InChI=1S/C23H21Cl2NO4S/c1-15-4-2-3-5-19(15)23(27)26(17-10-11-31(28,29)14-17)13-18-7-9-22(30-18)20-12-16(24)6-8-21(20)25/h2-9,12,17H,10-11,13-14H2,1H3/t17-/m0/s1. The van der Waals surface area contributed by atoms with E-state index in [9.17, 15) is 13.2 Å². The number of aryl methyl sites for hydroxylation is 1. The molecule has 0 bridgehead atoms. The van der Waals surface area contributed by atoms with Crippen LogP contribution in [0.2, 0.25) is 10.0 Å². The maximum absolute atomic E-state index is 13.4. The minimum Gasteiger partial charge on any atom is -0.459 e. The molecule has 1 amide bonds. The summed E-state index contributed by atoms with van der Waals surface area (Å²) in [6.45, 7) is 2.02. The Hall–Kier alpha value is -2.28. The number of carbonyl (C=O) groups is 1. The van der Waals surface area contributed by atoms with Gasteiger partial charge in [0.1, 0.15) is 11.5 Å². The van der Waals surface area contributed by atoms with E-state index in [0.29, 0.717) is 39.1 Å². The van der Waals surface area contributed by atoms with Crippen molar-refractivity contribution in [3.8, 4) is 11.3 Å². The van der Waals surface area contributed by atoms with Gasteiger partial charge in [0.15, 0.2) is 9.84 Å². The SMILES string of the molecule is Cc1ccccc1C(=O)N(Cc1ccc(-c2cc(Cl)ccc2Cl)o1)[C@H]1CCS(=O)(=O)C1. The smallest absolute Gasteiger partial charge is 0.254 e. The molecule has 1 atom stereocenters. The zero-order chi connectivity index (χ0) is 22.2. The number of nitrogens with zero attached hydrogens (tertiary/aromatic N) is 1. The third-order valence-corrected chi connectivity index (χ3v) is 7.78. The summed E-state index contributed by atoms with van der Waals surface area (Å²) in [6, 6.07) is 15.5. The van der Waals surface area contributed by atoms with Gasteiger partial charge < -0.3 is 9.32 Å². The molecule has 1 fully saturated rings. The van der Waals surface area contributed by atoms with E-state index < -0.39 is 15.9 Å². The van der Waals surface area contributed by atoms with Crippen molar-refractivity contribution >= 4 is 38.9 Å². The van der Waals surface area contributed by atoms with Crippen LogP contribution in [0.15, 0.2) is 59.0 Å². The van der Waals surface area contributed by atoms with E-state index >= 15 is 0 Å². The van der Waals surface area contributed by atoms with Crippen LogP contribution in [-0.2, 0) is 16.4 Å². The molecule has 0 saturated carbocycles. The zero-order valence-electron chi connectivity index (χ0n) is 16.8. The number of sulfone groups is 1. The highest BCUT2D eigenvalue weighted by Crippen LogP contribution is 2.33. The Bertz CT molecular complexity index is 1240. The molecule has 4 rings (SSSR count). The van der Waals surface area contributed by atoms with Crippen LogP contribution in [0.25, 0.3) is 11.3 Å². The molecule has 2 heterocycles. The van der Waals surface area contributed by atoms with Crippen LogP contribution in [-0.4, -0.2) is 36.8 Å². The summed E-state index contributed by atoms with van der Waals surface area (Å²) in [7, 11) is -3.16. The first-order chi connectivity index (χ1) is 14.7. The molecule has 2 aromatic carbocycles. The van der Waals surface area contributed by atoms with E-state index in [4.69, 9.17) is 27.6 Å². The van der Waals surface area contributed by atoms with Gasteiger partial charge >= 0.3 is 0 Å². The second-order valence-electron chi connectivity index (χ2n) is 7.69. The molecule has 31 heavy (non-hydrogen) atoms. The summed E-state index contributed by atoms with van der Waals surface area (Å²) in [5, 5.41) is 1.03. The summed E-state index contributed by atoms with van der Waals surface area (Å²) in [5.41, 5.74) is 2.04. The van der Waals surface area contributed by atoms with Crippen LogP contribution in [0.1, 0.15) is 28.1 Å². The lowest BCUT2D eigenvalue weighted by molar-refractivity contribution is 0.0666. The fourth-order valence-corrected chi connectivity index (χ4v) is 5.93. The third-order valence-electron chi connectivity index (χ3n) is 5.47. The molecule has 162 valence electrons. The molecule has 1 aliphatic heterocycles. The van der Waals surface area contributed by atoms with Gasteiger partial charge in [0, 0.05) is 22.2 Å². The largest absolute Gasteiger partial charge is 0.459 e. The second-order valence-corrected chi connectivity index (χ2v) is 10.8. The van der Waals surface area contributed by atoms with Crippen molar-refractivity contribution in [1.29, 1.82) is 0 Å². The minimum absolute atomic E-state index is 0.0433. The summed E-state index contributed by atoms with van der Waals surface area (Å²) >= 11 is 12.4. The first-order valence-electron chi connectivity index (χ1n) is 9.85. The maximum Gasteiger partial charge on any atom is 0.254 e. The molecule has 1 aliphatic rings. The second kappa shape index (κ2) is 8.69. The highest BCUT2D eigenvalue weighted by molar-refractivity contribution is 7.91. The third kappa shape index (κ3) is 4.81. The summed E-state index contributed by atoms with van der Waals surface area (Å²) in [5.74, 6) is 0.899. The topological polar surface area (TPSA) is 67.6 Å². The molecule has 8 heteroatoms. The van der Waals surface area contributed by atoms with Crippen LogP contribution in [0, 0.1) is 6.92 Å². The summed E-state index contributed by atoms with van der Waals surface area (Å²) in [6.07, 6.45) is 0.410. The molecule has 3 aromatic rings. The van der Waals surface area contributed by atoms with E-state index in [1.807, 2.05) is 19.1 Å². The molecular formula is C23H21Cl2NO4S. The van der Waals surface area contributed by atoms with Crippen molar-refractivity contribution in [3.05, 3.63) is 81.5 Å². The van der Waals surface area contributed by atoms with Gasteiger partial charge in [0.25, 0.3) is 5.91 Å². The van der Waals surface area contributed by atoms with E-state index in [1.54, 1.807) is 47.4 Å². The molecule has 0 aliphatic carbocycles. The molecule has 0 radical (unpaired) electrons. The Morgan fingerprint density at radius 1 is 1.13 bits per heavy atom. The maximum atomic E-state index is 13.4. The fourth-order valence-electron chi connectivity index (χ4n) is 3.82. The predicted octanol–water partition coefficient (Wildman–Crippen LogP) is 5.39. The van der Waals surface area contributed by atoms with Crippen molar-refractivity contribution in [2.45, 2.75) is 25.9 Å². The Labute approximate surface area is 191 Å². The van der Waals surface area contributed by atoms with Crippen LogP contribution in [0.3, 0.4) is 0 Å². The molecular weight excluding hydrogens is 457 g/mol. The highest BCUT2D eigenvalue weighted by atomic mass is 35.5. The molecule has 1 saturated heterocycles. The van der Waals surface area contributed by atoms with Crippen molar-refractivity contribution in [1.82, 2.24) is 4.90 Å². The molecule has 1 aromatic heterocycles. The van der Waals surface area contributed by atoms with Crippen molar-refractivity contribution in [3.63, 3.8) is 0 Å². The van der Waals surface area contributed by atoms with E-state index in [0.717, 1.165) is 5.56 Å². The number of halogens is 2. The van der Waals surface area contributed by atoms with Gasteiger partial charge in [0.05, 0.1) is 23.1 Å². The average molecular weight is 478 g/mol. The Morgan fingerprint density at radius 2 is 1.90 bits per heavy atom. The Morgan fingerprint density at radius 3 is 2.61 bits per heavy atom. The van der Waals surface area contributed by atoms with Gasteiger partial charge in [-0.15, -0.1) is 0 Å². The number of hydrogen-bond donors (Lipinski definition) is 0. The number of hydrogen-bond acceptors (Lipinski definition) is 4. The minimum atomic E-state index is -3.16. The fraction of sp³-hybridized carbons (Fsp3) is 0.261. The first kappa shape index (κ1) is 21.9. The molecule has 0 unspecified atom stereocenters. The van der Waals surface area contributed by atoms with Gasteiger partial charge in [-0.05, 0) is 55.3 Å². The molecule has 0 spiro atoms. The number of benzene rings is 2. The lowest BCUT2D eigenvalue weighted by Crippen LogP contribution is -2.40. The zero-order valence-corrected chi connectivity index (χ0v) is 19.2. The van der Waals surface area contributed by atoms with Crippen LogP contribution >= 0.6 is 23.2 Å². The normalized spacial score (nSPS) is 17.6. The van der Waals surface area contributed by atoms with Crippen LogP contribution in [0.5, 0.6) is 0 Å². The Balaban J connectivity index is 1.66. The number of carbonyl (C=O) groups excluding carboxylic acids is 1. The number of furan rings is 1. The van der Waals surface area contributed by atoms with Crippen molar-refractivity contribution in [2.24, 2.45) is 0 Å². The van der Waals surface area contributed by atoms with Crippen molar-refractivity contribution in [2.75, 3.05) is 11.5 Å². The van der Waals surface area contributed by atoms with Gasteiger partial charge in [-0.2, -0.15) is 0 Å². The first-order valence-corrected chi connectivity index (χ1v) is 12.4. The molecule has 0 N–H and O–H groups in total. The number of amides is 1. The van der Waals surface area contributed by atoms with Crippen molar-refractivity contribution < 1.29 is 17.6 Å². The van der Waals surface area contributed by atoms with Gasteiger partial charge in [0.2, 0.25) is 0 Å². The summed E-state index contributed by atoms with van der Waals surface area (Å²) < 4.78 is 30.2. The van der Waals surface area contributed by atoms with E-state index in [1.165, 1.54) is 0 Å². The van der Waals surface area contributed by atoms with E-state index in [-0.39, 0.29) is 24.0 Å². The Kier molecular flexibility index (Phi) is 6.15. The van der Waals surface area contributed by atoms with Gasteiger partial charge in [-0.3, -0.25) is 4.79 Å². The van der Waals surface area contributed by atoms with Crippen LogP contribution < -0.4 is 0 Å². The van der Waals surface area contributed by atoms with Gasteiger partial charge in [-0.1, -0.05) is 41.4 Å². The monoisotopic (exact) mass is 477 g/mol. The quantitative estimate of drug-likeness (QED) is 0.493. The highest BCUT2D eigenvalue weighted by Gasteiger charge is 2.35.